The van der Waals surface area contributed by atoms with Crippen molar-refractivity contribution < 1.29 is 4.79 Å². The van der Waals surface area contributed by atoms with Crippen molar-refractivity contribution in [2.75, 3.05) is 31.1 Å². The largest absolute Gasteiger partial charge is 0.368 e. The van der Waals surface area contributed by atoms with E-state index in [1.54, 1.807) is 13.1 Å². The number of amides is 1. The van der Waals surface area contributed by atoms with Crippen LogP contribution in [0.15, 0.2) is 59.5 Å². The zero-order valence-electron chi connectivity index (χ0n) is 15.1. The van der Waals surface area contributed by atoms with Gasteiger partial charge in [-0.25, -0.2) is 0 Å². The molecule has 1 amide bonds. The summed E-state index contributed by atoms with van der Waals surface area (Å²) in [6.07, 6.45) is 1.70. The first-order valence-electron chi connectivity index (χ1n) is 9.00. The summed E-state index contributed by atoms with van der Waals surface area (Å²) in [6, 6.07) is 16.0. The Balaban J connectivity index is 1.44. The first-order valence-corrected chi connectivity index (χ1v) is 9.82. The lowest BCUT2D eigenvalue weighted by Gasteiger charge is -2.36. The SMILES string of the molecule is Cc1cc(-c2ccc(C(=O)N3CCN(c4ccccc4)CC3)s2)c[nH]c1=O. The molecule has 4 rings (SSSR count). The van der Waals surface area contributed by atoms with E-state index in [0.29, 0.717) is 5.56 Å². The number of H-pyrrole nitrogens is 1. The van der Waals surface area contributed by atoms with Gasteiger partial charge in [0.1, 0.15) is 0 Å². The first kappa shape index (κ1) is 17.5. The molecule has 1 N–H and O–H groups in total. The van der Waals surface area contributed by atoms with Crippen LogP contribution in [0.1, 0.15) is 15.2 Å². The predicted molar refractivity (Wildman–Crippen MR) is 110 cm³/mol. The van der Waals surface area contributed by atoms with Gasteiger partial charge in [-0.1, -0.05) is 18.2 Å². The van der Waals surface area contributed by atoms with E-state index in [4.69, 9.17) is 0 Å². The van der Waals surface area contributed by atoms with Gasteiger partial charge in [-0.15, -0.1) is 11.3 Å². The number of pyridine rings is 1. The Hall–Kier alpha value is -2.86. The quantitative estimate of drug-likeness (QED) is 0.759. The molecule has 138 valence electrons. The van der Waals surface area contributed by atoms with Crippen LogP contribution in [0, 0.1) is 6.92 Å². The monoisotopic (exact) mass is 379 g/mol. The fourth-order valence-corrected chi connectivity index (χ4v) is 4.27. The van der Waals surface area contributed by atoms with Crippen LogP contribution < -0.4 is 10.5 Å². The minimum absolute atomic E-state index is 0.0807. The van der Waals surface area contributed by atoms with E-state index in [2.05, 4.69) is 22.0 Å². The van der Waals surface area contributed by atoms with E-state index in [1.807, 2.05) is 41.3 Å². The molecule has 1 aliphatic rings. The summed E-state index contributed by atoms with van der Waals surface area (Å²) < 4.78 is 0. The molecular formula is C21H21N3O2S. The average molecular weight is 379 g/mol. The predicted octanol–water partition coefficient (Wildman–Crippen LogP) is 3.37. The maximum absolute atomic E-state index is 12.9. The van der Waals surface area contributed by atoms with E-state index < -0.39 is 0 Å². The van der Waals surface area contributed by atoms with Crippen molar-refractivity contribution in [3.63, 3.8) is 0 Å². The summed E-state index contributed by atoms with van der Waals surface area (Å²) in [7, 11) is 0. The molecule has 0 spiro atoms. The second-order valence-electron chi connectivity index (χ2n) is 6.68. The summed E-state index contributed by atoms with van der Waals surface area (Å²) in [4.78, 5) is 33.1. The van der Waals surface area contributed by atoms with E-state index in [0.717, 1.165) is 41.5 Å². The van der Waals surface area contributed by atoms with Crippen LogP contribution in [-0.2, 0) is 0 Å². The van der Waals surface area contributed by atoms with Crippen LogP contribution in [0.5, 0.6) is 0 Å². The van der Waals surface area contributed by atoms with E-state index in [9.17, 15) is 9.59 Å². The first-order chi connectivity index (χ1) is 13.1. The zero-order chi connectivity index (χ0) is 18.8. The highest BCUT2D eigenvalue weighted by atomic mass is 32.1. The lowest BCUT2D eigenvalue weighted by atomic mass is 10.2. The van der Waals surface area contributed by atoms with Gasteiger partial charge in [0.2, 0.25) is 0 Å². The number of hydrogen-bond donors (Lipinski definition) is 1. The van der Waals surface area contributed by atoms with Gasteiger partial charge in [0, 0.05) is 54.1 Å². The summed E-state index contributed by atoms with van der Waals surface area (Å²) in [5, 5.41) is 0. The van der Waals surface area contributed by atoms with Crippen LogP contribution in [0.3, 0.4) is 0 Å². The number of aryl methyl sites for hydroxylation is 1. The zero-order valence-corrected chi connectivity index (χ0v) is 16.0. The molecule has 5 nitrogen and oxygen atoms in total. The Morgan fingerprint density at radius 3 is 2.48 bits per heavy atom. The molecule has 0 saturated carbocycles. The van der Waals surface area contributed by atoms with Crippen LogP contribution in [0.4, 0.5) is 5.69 Å². The van der Waals surface area contributed by atoms with Crippen molar-refractivity contribution in [1.82, 2.24) is 9.88 Å². The standard InChI is InChI=1S/C21H21N3O2S/c1-15-13-16(14-22-20(15)25)18-7-8-19(27-18)21(26)24-11-9-23(10-12-24)17-5-3-2-4-6-17/h2-8,13-14H,9-12H2,1H3,(H,22,25). The molecule has 3 heterocycles. The molecule has 1 saturated heterocycles. The summed E-state index contributed by atoms with van der Waals surface area (Å²) in [5.74, 6) is 0.0834. The molecule has 0 radical (unpaired) electrons. The molecule has 2 aromatic heterocycles. The molecule has 1 aliphatic heterocycles. The van der Waals surface area contributed by atoms with Crippen molar-refractivity contribution in [1.29, 1.82) is 0 Å². The number of carbonyl (C=O) groups is 1. The number of nitrogens with one attached hydrogen (secondary N) is 1. The number of nitrogens with zero attached hydrogens (tertiary/aromatic N) is 2. The van der Waals surface area contributed by atoms with Crippen LogP contribution in [0.25, 0.3) is 10.4 Å². The topological polar surface area (TPSA) is 56.4 Å². The van der Waals surface area contributed by atoms with Crippen LogP contribution in [-0.4, -0.2) is 42.0 Å². The number of anilines is 1. The number of aromatic amines is 1. The summed E-state index contributed by atoms with van der Waals surface area (Å²) in [6.45, 7) is 4.91. The third-order valence-corrected chi connectivity index (χ3v) is 6.00. The van der Waals surface area contributed by atoms with E-state index in [-0.39, 0.29) is 11.5 Å². The van der Waals surface area contributed by atoms with Gasteiger partial charge >= 0.3 is 0 Å². The van der Waals surface area contributed by atoms with Crippen molar-refractivity contribution in [3.8, 4) is 10.4 Å². The average Bonchev–Trinajstić information content (AvgIpc) is 3.20. The molecule has 3 aromatic rings. The Kier molecular flexibility index (Phi) is 4.81. The van der Waals surface area contributed by atoms with Crippen LogP contribution >= 0.6 is 11.3 Å². The molecule has 1 fully saturated rings. The molecule has 0 unspecified atom stereocenters. The Bertz CT molecular complexity index is 1000. The number of rotatable bonds is 3. The van der Waals surface area contributed by atoms with Gasteiger partial charge in [-0.05, 0) is 37.3 Å². The van der Waals surface area contributed by atoms with E-state index >= 15 is 0 Å². The highest BCUT2D eigenvalue weighted by molar-refractivity contribution is 7.17. The van der Waals surface area contributed by atoms with Crippen molar-refractivity contribution >= 4 is 22.9 Å². The highest BCUT2D eigenvalue weighted by Crippen LogP contribution is 2.29. The molecule has 27 heavy (non-hydrogen) atoms. The molecule has 0 atom stereocenters. The number of hydrogen-bond acceptors (Lipinski definition) is 4. The number of piperazine rings is 1. The number of para-hydroxylation sites is 1. The normalized spacial score (nSPS) is 14.4. The molecule has 0 bridgehead atoms. The van der Waals surface area contributed by atoms with Crippen molar-refractivity contribution in [2.45, 2.75) is 6.92 Å². The summed E-state index contributed by atoms with van der Waals surface area (Å²) in [5.41, 5.74) is 2.73. The third kappa shape index (κ3) is 3.66. The minimum atomic E-state index is -0.0807. The van der Waals surface area contributed by atoms with Gasteiger partial charge in [0.05, 0.1) is 4.88 Å². The number of thiophene rings is 1. The lowest BCUT2D eigenvalue weighted by molar-refractivity contribution is 0.0751. The maximum atomic E-state index is 12.9. The third-order valence-electron chi connectivity index (χ3n) is 4.88. The van der Waals surface area contributed by atoms with Crippen molar-refractivity contribution in [3.05, 3.63) is 75.5 Å². The number of aromatic nitrogens is 1. The Morgan fingerprint density at radius 1 is 1.04 bits per heavy atom. The number of benzene rings is 1. The van der Waals surface area contributed by atoms with E-state index in [1.165, 1.54) is 17.0 Å². The molecule has 6 heteroatoms. The minimum Gasteiger partial charge on any atom is -0.368 e. The second-order valence-corrected chi connectivity index (χ2v) is 7.76. The lowest BCUT2D eigenvalue weighted by Crippen LogP contribution is -2.48. The Morgan fingerprint density at radius 2 is 1.78 bits per heavy atom. The van der Waals surface area contributed by atoms with Gasteiger partial charge < -0.3 is 14.8 Å². The van der Waals surface area contributed by atoms with Gasteiger partial charge in [0.15, 0.2) is 0 Å². The fourth-order valence-electron chi connectivity index (χ4n) is 3.31. The second kappa shape index (κ2) is 7.40. The number of carbonyl (C=O) groups excluding carboxylic acids is 1. The molecular weight excluding hydrogens is 358 g/mol. The van der Waals surface area contributed by atoms with Gasteiger partial charge in [-0.3, -0.25) is 9.59 Å². The molecule has 1 aromatic carbocycles. The summed E-state index contributed by atoms with van der Waals surface area (Å²) >= 11 is 1.47. The fraction of sp³-hybridized carbons (Fsp3) is 0.238. The maximum Gasteiger partial charge on any atom is 0.264 e. The Labute approximate surface area is 161 Å². The van der Waals surface area contributed by atoms with Gasteiger partial charge in [0.25, 0.3) is 11.5 Å². The molecule has 0 aliphatic carbocycles. The van der Waals surface area contributed by atoms with Crippen molar-refractivity contribution in [2.24, 2.45) is 0 Å². The smallest absolute Gasteiger partial charge is 0.264 e. The highest BCUT2D eigenvalue weighted by Gasteiger charge is 2.23. The van der Waals surface area contributed by atoms with Gasteiger partial charge in [-0.2, -0.15) is 0 Å². The van der Waals surface area contributed by atoms with Crippen LogP contribution in [0.2, 0.25) is 0 Å².